The predicted octanol–water partition coefficient (Wildman–Crippen LogP) is 14.6. The molecule has 2 aromatic heterocycles. The Kier molecular flexibility index (Phi) is 7.21. The Labute approximate surface area is 339 Å². The minimum Gasteiger partial charge on any atom is -0.438 e. The van der Waals surface area contributed by atoms with E-state index in [1.807, 2.05) is 24.3 Å². The van der Waals surface area contributed by atoms with Crippen LogP contribution in [0.1, 0.15) is 68.2 Å². The molecule has 7 aromatic carbocycles. The molecule has 0 aliphatic heterocycles. The average molecular weight is 747 g/mol. The fourth-order valence-corrected chi connectivity index (χ4v) is 10.9. The maximum atomic E-state index is 6.33. The first-order valence-corrected chi connectivity index (χ1v) is 20.9. The number of rotatable bonds is 4. The first-order chi connectivity index (χ1) is 28.5. The Morgan fingerprint density at radius 3 is 2.00 bits per heavy atom. The molecule has 0 atom stereocenters. The van der Waals surface area contributed by atoms with Gasteiger partial charge in [0.15, 0.2) is 5.82 Å². The molecule has 58 heavy (non-hydrogen) atoms. The van der Waals surface area contributed by atoms with Crippen LogP contribution in [-0.2, 0) is 10.8 Å². The van der Waals surface area contributed by atoms with Crippen molar-refractivity contribution in [2.24, 2.45) is 0 Å². The van der Waals surface area contributed by atoms with E-state index in [0.717, 1.165) is 44.3 Å². The molecule has 3 aliphatic carbocycles. The second kappa shape index (κ2) is 12.5. The van der Waals surface area contributed by atoms with E-state index in [-0.39, 0.29) is 10.8 Å². The summed E-state index contributed by atoms with van der Waals surface area (Å²) in [5.74, 6) is 0.648. The molecule has 3 nitrogen and oxygen atoms in total. The van der Waals surface area contributed by atoms with Crippen molar-refractivity contribution in [3.8, 4) is 67.2 Å². The van der Waals surface area contributed by atoms with Crippen molar-refractivity contribution in [2.75, 3.05) is 0 Å². The molecule has 3 aliphatic rings. The maximum absolute atomic E-state index is 6.33. The number of furan rings is 1. The van der Waals surface area contributed by atoms with Crippen molar-refractivity contribution in [3.63, 3.8) is 0 Å². The van der Waals surface area contributed by atoms with Gasteiger partial charge in [0, 0.05) is 27.3 Å². The number of benzene rings is 7. The van der Waals surface area contributed by atoms with Crippen molar-refractivity contribution in [3.05, 3.63) is 180 Å². The Hall–Kier alpha value is -6.58. The number of hydrogen-bond donors (Lipinski definition) is 0. The van der Waals surface area contributed by atoms with Crippen molar-refractivity contribution in [2.45, 2.75) is 56.8 Å². The molecular formula is C55H42N2O. The molecule has 0 unspecified atom stereocenters. The summed E-state index contributed by atoms with van der Waals surface area (Å²) in [7, 11) is 0. The summed E-state index contributed by atoms with van der Waals surface area (Å²) in [4.78, 5) is 10.2. The van der Waals surface area contributed by atoms with E-state index in [1.54, 1.807) is 11.1 Å². The minimum atomic E-state index is -0.0960. The average Bonchev–Trinajstić information content (AvgIpc) is 3.86. The zero-order chi connectivity index (χ0) is 38.6. The molecule has 0 amide bonds. The van der Waals surface area contributed by atoms with E-state index in [2.05, 4.69) is 147 Å². The minimum absolute atomic E-state index is 0.0960. The first-order valence-electron chi connectivity index (χ1n) is 20.9. The second-order valence-electron chi connectivity index (χ2n) is 17.2. The molecule has 1 saturated carbocycles. The molecule has 0 saturated heterocycles. The summed E-state index contributed by atoms with van der Waals surface area (Å²) in [6.45, 7) is 4.83. The number of hydrogen-bond acceptors (Lipinski definition) is 3. The fourth-order valence-electron chi connectivity index (χ4n) is 10.9. The molecule has 0 radical (unpaired) electrons. The normalized spacial score (nSPS) is 15.7. The summed E-state index contributed by atoms with van der Waals surface area (Å²) in [5, 5.41) is 1.97. The number of fused-ring (bicyclic) bond motifs is 11. The van der Waals surface area contributed by atoms with E-state index >= 15 is 0 Å². The van der Waals surface area contributed by atoms with Gasteiger partial charge in [-0.15, -0.1) is 0 Å². The van der Waals surface area contributed by atoms with E-state index in [4.69, 9.17) is 14.4 Å². The Morgan fingerprint density at radius 1 is 0.466 bits per heavy atom. The van der Waals surface area contributed by atoms with Gasteiger partial charge < -0.3 is 4.42 Å². The summed E-state index contributed by atoms with van der Waals surface area (Å²) in [5.41, 5.74) is 20.8. The standard InChI is InChI=1S/C55H42N2O/c1-54(2)45-23-14-21-39(49(45)43-33-47-42(32-46(43)54)40-19-7-9-22-44(40)55(47)29-11-4-12-30-55)35-27-25-34(26-28-35)37-17-13-18-38(31-37)52-56-51(36-15-5-3-6-16-36)50-41-20-8-10-24-48(41)58-53(50)57-52/h3,5-10,13-28,31-33H,4,11-12,29-30H2,1-2H3. The van der Waals surface area contributed by atoms with Gasteiger partial charge in [-0.05, 0) is 104 Å². The van der Waals surface area contributed by atoms with Crippen LogP contribution in [0, 0.1) is 0 Å². The van der Waals surface area contributed by atoms with Crippen LogP contribution in [0.15, 0.2) is 162 Å². The summed E-state index contributed by atoms with van der Waals surface area (Å²) >= 11 is 0. The quantitative estimate of drug-likeness (QED) is 0.180. The molecule has 278 valence electrons. The van der Waals surface area contributed by atoms with Gasteiger partial charge in [0.2, 0.25) is 5.71 Å². The van der Waals surface area contributed by atoms with Crippen LogP contribution in [0.5, 0.6) is 0 Å². The van der Waals surface area contributed by atoms with Gasteiger partial charge in [0.1, 0.15) is 5.58 Å². The smallest absolute Gasteiger partial charge is 0.231 e. The SMILES string of the molecule is CC1(C)c2cc3c(cc2-c2c(-c4ccc(-c5cccc(-c6nc(-c7ccccc7)c7c(n6)oc6ccccc67)c5)cc4)cccc21)C1(CCCCC1)c1ccccc1-3. The van der Waals surface area contributed by atoms with E-state index < -0.39 is 0 Å². The third-order valence-corrected chi connectivity index (χ3v) is 13.7. The molecule has 2 heterocycles. The molecule has 1 fully saturated rings. The molecule has 12 rings (SSSR count). The third kappa shape index (κ3) is 4.80. The van der Waals surface area contributed by atoms with Crippen molar-refractivity contribution < 1.29 is 4.42 Å². The summed E-state index contributed by atoms with van der Waals surface area (Å²) in [6.07, 6.45) is 6.42. The van der Waals surface area contributed by atoms with Crippen molar-refractivity contribution in [1.29, 1.82) is 0 Å². The van der Waals surface area contributed by atoms with E-state index in [0.29, 0.717) is 11.5 Å². The van der Waals surface area contributed by atoms with Gasteiger partial charge in [0.25, 0.3) is 0 Å². The summed E-state index contributed by atoms with van der Waals surface area (Å²) < 4.78 is 6.33. The molecule has 0 bridgehead atoms. The van der Waals surface area contributed by atoms with Gasteiger partial charge in [0.05, 0.1) is 11.1 Å². The number of nitrogens with zero attached hydrogens (tertiary/aromatic N) is 2. The van der Waals surface area contributed by atoms with Crippen LogP contribution in [0.25, 0.3) is 89.2 Å². The lowest BCUT2D eigenvalue weighted by molar-refractivity contribution is 0.353. The highest BCUT2D eigenvalue weighted by Gasteiger charge is 2.46. The van der Waals surface area contributed by atoms with E-state index in [1.165, 1.54) is 76.6 Å². The zero-order valence-corrected chi connectivity index (χ0v) is 32.8. The lowest BCUT2D eigenvalue weighted by Gasteiger charge is -2.36. The topological polar surface area (TPSA) is 38.9 Å². The molecule has 3 heteroatoms. The van der Waals surface area contributed by atoms with Crippen LogP contribution < -0.4 is 0 Å². The number of aromatic nitrogens is 2. The lowest BCUT2D eigenvalue weighted by atomic mass is 9.67. The predicted molar refractivity (Wildman–Crippen MR) is 238 cm³/mol. The van der Waals surface area contributed by atoms with Gasteiger partial charge >= 0.3 is 0 Å². The van der Waals surface area contributed by atoms with Gasteiger partial charge in [-0.3, -0.25) is 0 Å². The zero-order valence-electron chi connectivity index (χ0n) is 32.8. The molecule has 0 N–H and O–H groups in total. The highest BCUT2D eigenvalue weighted by molar-refractivity contribution is 6.10. The monoisotopic (exact) mass is 746 g/mol. The molecular weight excluding hydrogens is 705 g/mol. The molecule has 1 spiro atoms. The molecule has 9 aromatic rings. The Balaban J connectivity index is 0.938. The second-order valence-corrected chi connectivity index (χ2v) is 17.2. The van der Waals surface area contributed by atoms with Crippen LogP contribution in [0.3, 0.4) is 0 Å². The first kappa shape index (κ1) is 33.5. The van der Waals surface area contributed by atoms with Crippen LogP contribution in [0.2, 0.25) is 0 Å². The van der Waals surface area contributed by atoms with Crippen LogP contribution in [0.4, 0.5) is 0 Å². The van der Waals surface area contributed by atoms with Gasteiger partial charge in [-0.1, -0.05) is 167 Å². The highest BCUT2D eigenvalue weighted by atomic mass is 16.3. The van der Waals surface area contributed by atoms with Gasteiger partial charge in [-0.25, -0.2) is 4.98 Å². The maximum Gasteiger partial charge on any atom is 0.231 e. The van der Waals surface area contributed by atoms with Crippen molar-refractivity contribution >= 4 is 22.1 Å². The largest absolute Gasteiger partial charge is 0.438 e. The van der Waals surface area contributed by atoms with Gasteiger partial charge in [-0.2, -0.15) is 4.98 Å². The fraction of sp³-hybridized carbons (Fsp3) is 0.164. The van der Waals surface area contributed by atoms with E-state index in [9.17, 15) is 0 Å². The van der Waals surface area contributed by atoms with Crippen molar-refractivity contribution in [1.82, 2.24) is 9.97 Å². The van der Waals surface area contributed by atoms with Crippen LogP contribution >= 0.6 is 0 Å². The Morgan fingerprint density at radius 2 is 1.14 bits per heavy atom. The van der Waals surface area contributed by atoms with Crippen LogP contribution in [-0.4, -0.2) is 9.97 Å². The summed E-state index contributed by atoms with van der Waals surface area (Å²) in [6, 6.07) is 57.6. The third-order valence-electron chi connectivity index (χ3n) is 13.7. The number of para-hydroxylation sites is 1. The highest BCUT2D eigenvalue weighted by Crippen LogP contribution is 2.60. The lowest BCUT2D eigenvalue weighted by Crippen LogP contribution is -2.28. The Bertz CT molecular complexity index is 3110.